The largest absolute Gasteiger partial charge is 0.416 e. The summed E-state index contributed by atoms with van der Waals surface area (Å²) in [6, 6.07) is 4.76. The van der Waals surface area contributed by atoms with Gasteiger partial charge in [-0.25, -0.2) is 13.6 Å². The van der Waals surface area contributed by atoms with Gasteiger partial charge in [-0.05, 0) is 23.8 Å². The van der Waals surface area contributed by atoms with Gasteiger partial charge in [0, 0.05) is 12.5 Å². The zero-order chi connectivity index (χ0) is 19.5. The summed E-state index contributed by atoms with van der Waals surface area (Å²) in [5.74, 6) is -0.657. The van der Waals surface area contributed by atoms with Gasteiger partial charge in [0.15, 0.2) is 0 Å². The van der Waals surface area contributed by atoms with Crippen molar-refractivity contribution in [1.82, 2.24) is 5.32 Å². The Bertz CT molecular complexity index is 894. The standard InChI is InChI=1S/C15H15F3N2O4S2/c1-24-7-12(9-3-2-4-11(5-9)15(16,17)18)20-14(21)10-6-13(25-8-10)26(19,22)23/h2-6,8,12H,7H2,1H3,(H,20,21)(H2,19,22,23). The second-order valence-electron chi connectivity index (χ2n) is 5.30. The highest BCUT2D eigenvalue weighted by atomic mass is 32.2. The third kappa shape index (κ3) is 5.04. The van der Waals surface area contributed by atoms with E-state index in [1.165, 1.54) is 24.6 Å². The Labute approximate surface area is 151 Å². The molecule has 1 aromatic carbocycles. The third-order valence-electron chi connectivity index (χ3n) is 3.37. The number of alkyl halides is 3. The van der Waals surface area contributed by atoms with Crippen LogP contribution in [-0.4, -0.2) is 28.0 Å². The zero-order valence-electron chi connectivity index (χ0n) is 13.4. The van der Waals surface area contributed by atoms with Gasteiger partial charge >= 0.3 is 6.18 Å². The predicted octanol–water partition coefficient (Wildman–Crippen LogP) is 2.53. The number of amides is 1. The number of thiophene rings is 1. The molecule has 1 heterocycles. The fourth-order valence-electron chi connectivity index (χ4n) is 2.15. The lowest BCUT2D eigenvalue weighted by molar-refractivity contribution is -0.137. The molecule has 0 saturated heterocycles. The number of hydrogen-bond donors (Lipinski definition) is 2. The molecule has 1 aromatic heterocycles. The molecule has 0 saturated carbocycles. The van der Waals surface area contributed by atoms with Gasteiger partial charge in [0.25, 0.3) is 5.91 Å². The number of rotatable bonds is 6. The monoisotopic (exact) mass is 408 g/mol. The first kappa shape index (κ1) is 20.4. The van der Waals surface area contributed by atoms with Crippen LogP contribution in [0.5, 0.6) is 0 Å². The van der Waals surface area contributed by atoms with E-state index in [0.29, 0.717) is 0 Å². The van der Waals surface area contributed by atoms with E-state index in [1.807, 2.05) is 0 Å². The van der Waals surface area contributed by atoms with Crippen LogP contribution in [0.2, 0.25) is 0 Å². The molecule has 0 aliphatic rings. The molecule has 2 aromatic rings. The number of nitrogens with one attached hydrogen (secondary N) is 1. The molecule has 3 N–H and O–H groups in total. The van der Waals surface area contributed by atoms with Crippen LogP contribution < -0.4 is 10.5 Å². The van der Waals surface area contributed by atoms with E-state index in [2.05, 4.69) is 5.32 Å². The maximum absolute atomic E-state index is 12.9. The molecule has 0 spiro atoms. The molecule has 0 aliphatic heterocycles. The summed E-state index contributed by atoms with van der Waals surface area (Å²) in [7, 11) is -2.60. The second kappa shape index (κ2) is 7.74. The van der Waals surface area contributed by atoms with Crippen molar-refractivity contribution in [3.05, 3.63) is 52.4 Å². The fraction of sp³-hybridized carbons (Fsp3) is 0.267. The second-order valence-corrected chi connectivity index (χ2v) is 8.00. The Morgan fingerprint density at radius 1 is 1.35 bits per heavy atom. The Hall–Kier alpha value is -1.95. The lowest BCUT2D eigenvalue weighted by Gasteiger charge is -2.19. The molecule has 1 unspecified atom stereocenters. The minimum Gasteiger partial charge on any atom is -0.382 e. The van der Waals surface area contributed by atoms with Gasteiger partial charge in [0.1, 0.15) is 4.21 Å². The number of carbonyl (C=O) groups excluding carboxylic acids is 1. The van der Waals surface area contributed by atoms with Crippen molar-refractivity contribution in [2.24, 2.45) is 5.14 Å². The number of benzene rings is 1. The highest BCUT2D eigenvalue weighted by molar-refractivity contribution is 7.91. The molecule has 0 bridgehead atoms. The maximum Gasteiger partial charge on any atom is 0.416 e. The molecule has 11 heteroatoms. The van der Waals surface area contributed by atoms with Crippen molar-refractivity contribution < 1.29 is 31.1 Å². The summed E-state index contributed by atoms with van der Waals surface area (Å²) in [6.45, 7) is -0.0702. The first-order chi connectivity index (χ1) is 12.0. The molecule has 1 amide bonds. The minimum absolute atomic E-state index is 0.0344. The number of hydrogen-bond acceptors (Lipinski definition) is 5. The fourth-order valence-corrected chi connectivity index (χ4v) is 3.73. The normalized spacial score (nSPS) is 13.4. The Morgan fingerprint density at radius 2 is 2.04 bits per heavy atom. The van der Waals surface area contributed by atoms with Crippen molar-refractivity contribution in [2.45, 2.75) is 16.4 Å². The van der Waals surface area contributed by atoms with Gasteiger partial charge in [-0.15, -0.1) is 11.3 Å². The number of ether oxygens (including phenoxy) is 1. The van der Waals surface area contributed by atoms with Gasteiger partial charge in [-0.1, -0.05) is 12.1 Å². The van der Waals surface area contributed by atoms with Crippen LogP contribution in [0, 0.1) is 0 Å². The van der Waals surface area contributed by atoms with E-state index in [4.69, 9.17) is 9.88 Å². The van der Waals surface area contributed by atoms with Crippen molar-refractivity contribution in [3.8, 4) is 0 Å². The summed E-state index contributed by atoms with van der Waals surface area (Å²) in [6.07, 6.45) is -4.52. The summed E-state index contributed by atoms with van der Waals surface area (Å²) in [5.41, 5.74) is -0.610. The zero-order valence-corrected chi connectivity index (χ0v) is 15.0. The van der Waals surface area contributed by atoms with E-state index in [0.717, 1.165) is 29.5 Å². The van der Waals surface area contributed by atoms with E-state index >= 15 is 0 Å². The van der Waals surface area contributed by atoms with Crippen molar-refractivity contribution >= 4 is 27.3 Å². The number of halogens is 3. The van der Waals surface area contributed by atoms with E-state index < -0.39 is 33.7 Å². The highest BCUT2D eigenvalue weighted by Crippen LogP contribution is 2.31. The molecule has 1 atom stereocenters. The van der Waals surface area contributed by atoms with E-state index in [1.54, 1.807) is 0 Å². The van der Waals surface area contributed by atoms with Crippen LogP contribution in [0.15, 0.2) is 39.9 Å². The lowest BCUT2D eigenvalue weighted by Crippen LogP contribution is -2.31. The van der Waals surface area contributed by atoms with Crippen molar-refractivity contribution in [3.63, 3.8) is 0 Å². The third-order valence-corrected chi connectivity index (χ3v) is 5.76. The Balaban J connectivity index is 2.25. The van der Waals surface area contributed by atoms with Crippen LogP contribution in [0.3, 0.4) is 0 Å². The van der Waals surface area contributed by atoms with Gasteiger partial charge in [0.2, 0.25) is 10.0 Å². The predicted molar refractivity (Wildman–Crippen MR) is 89.2 cm³/mol. The van der Waals surface area contributed by atoms with Crippen molar-refractivity contribution in [1.29, 1.82) is 0 Å². The lowest BCUT2D eigenvalue weighted by atomic mass is 10.0. The SMILES string of the molecule is COCC(NC(=O)c1csc(S(N)(=O)=O)c1)c1cccc(C(F)(F)F)c1. The molecule has 26 heavy (non-hydrogen) atoms. The Kier molecular flexibility index (Phi) is 6.06. The van der Waals surface area contributed by atoms with Crippen LogP contribution in [-0.2, 0) is 20.9 Å². The average molecular weight is 408 g/mol. The topological polar surface area (TPSA) is 98.5 Å². The highest BCUT2D eigenvalue weighted by Gasteiger charge is 2.31. The van der Waals surface area contributed by atoms with Crippen LogP contribution in [0.1, 0.15) is 27.5 Å². The number of nitrogens with two attached hydrogens (primary N) is 1. The first-order valence-electron chi connectivity index (χ1n) is 7.10. The quantitative estimate of drug-likeness (QED) is 0.767. The van der Waals surface area contributed by atoms with Gasteiger partial charge in [-0.3, -0.25) is 4.79 Å². The molecular formula is C15H15F3N2O4S2. The molecule has 142 valence electrons. The minimum atomic E-state index is -4.52. The van der Waals surface area contributed by atoms with E-state index in [9.17, 15) is 26.4 Å². The first-order valence-corrected chi connectivity index (χ1v) is 9.53. The number of primary sulfonamides is 1. The molecule has 0 aliphatic carbocycles. The van der Waals surface area contributed by atoms with E-state index in [-0.39, 0.29) is 21.9 Å². The Morgan fingerprint density at radius 3 is 2.58 bits per heavy atom. The summed E-state index contributed by atoms with van der Waals surface area (Å²) in [5, 5.41) is 8.82. The van der Waals surface area contributed by atoms with Crippen LogP contribution in [0.25, 0.3) is 0 Å². The van der Waals surface area contributed by atoms with Gasteiger partial charge < -0.3 is 10.1 Å². The molecular weight excluding hydrogens is 393 g/mol. The number of carbonyl (C=O) groups is 1. The van der Waals surface area contributed by atoms with Crippen molar-refractivity contribution in [2.75, 3.05) is 13.7 Å². The number of methoxy groups -OCH3 is 1. The van der Waals surface area contributed by atoms with Gasteiger partial charge in [0.05, 0.1) is 23.8 Å². The molecule has 0 radical (unpaired) electrons. The summed E-state index contributed by atoms with van der Waals surface area (Å²) in [4.78, 5) is 12.3. The van der Waals surface area contributed by atoms with Crippen LogP contribution in [0.4, 0.5) is 13.2 Å². The molecule has 6 nitrogen and oxygen atoms in total. The smallest absolute Gasteiger partial charge is 0.382 e. The average Bonchev–Trinajstić information content (AvgIpc) is 3.04. The van der Waals surface area contributed by atoms with Crippen LogP contribution >= 0.6 is 11.3 Å². The summed E-state index contributed by atoms with van der Waals surface area (Å²) >= 11 is 0.773. The maximum atomic E-state index is 12.9. The number of sulfonamides is 1. The molecule has 0 fully saturated rings. The molecule has 2 rings (SSSR count). The summed E-state index contributed by atoms with van der Waals surface area (Å²) < 4.78 is 66.0. The van der Waals surface area contributed by atoms with Gasteiger partial charge in [-0.2, -0.15) is 13.2 Å².